The van der Waals surface area contributed by atoms with Crippen molar-refractivity contribution >= 4 is 35.8 Å². The first-order valence-corrected chi connectivity index (χ1v) is 12.2. The molecule has 2 atom stereocenters. The fourth-order valence-electron chi connectivity index (χ4n) is 4.27. The van der Waals surface area contributed by atoms with Crippen LogP contribution in [-0.4, -0.2) is 61.6 Å². The number of nitrogens with zero attached hydrogens (tertiary/aromatic N) is 2. The van der Waals surface area contributed by atoms with Crippen molar-refractivity contribution in [3.8, 4) is 0 Å². The van der Waals surface area contributed by atoms with Crippen molar-refractivity contribution in [2.75, 3.05) is 32.7 Å². The van der Waals surface area contributed by atoms with Gasteiger partial charge in [0.25, 0.3) is 0 Å². The summed E-state index contributed by atoms with van der Waals surface area (Å²) in [6.45, 7) is 12.6. The molecule has 2 unspecified atom stereocenters. The van der Waals surface area contributed by atoms with Crippen LogP contribution in [-0.2, 0) is 4.79 Å². The highest BCUT2D eigenvalue weighted by atomic mass is 127. The van der Waals surface area contributed by atoms with Crippen molar-refractivity contribution in [2.24, 2.45) is 4.99 Å². The minimum absolute atomic E-state index is 0. The van der Waals surface area contributed by atoms with Gasteiger partial charge in [-0.3, -0.25) is 14.7 Å². The number of likely N-dealkylation sites (tertiary alicyclic amines) is 1. The van der Waals surface area contributed by atoms with Gasteiger partial charge >= 0.3 is 0 Å². The molecule has 7 heteroatoms. The molecule has 0 aromatic heterocycles. The second kappa shape index (κ2) is 13.4. The Morgan fingerprint density at radius 2 is 1.81 bits per heavy atom. The van der Waals surface area contributed by atoms with Gasteiger partial charge in [-0.25, -0.2) is 0 Å². The summed E-state index contributed by atoms with van der Waals surface area (Å²) in [5.41, 5.74) is 2.82. The Morgan fingerprint density at radius 1 is 1.12 bits per heavy atom. The van der Waals surface area contributed by atoms with E-state index < -0.39 is 0 Å². The Kier molecular flexibility index (Phi) is 11.2. The molecule has 1 aromatic rings. The predicted molar refractivity (Wildman–Crippen MR) is 144 cm³/mol. The minimum Gasteiger partial charge on any atom is -0.355 e. The minimum atomic E-state index is 0. The highest BCUT2D eigenvalue weighted by Crippen LogP contribution is 2.41. The molecule has 1 amide bonds. The van der Waals surface area contributed by atoms with Crippen molar-refractivity contribution in [2.45, 2.75) is 77.3 Å². The number of hydrogen-bond acceptors (Lipinski definition) is 3. The molecule has 1 aliphatic carbocycles. The molecule has 2 fully saturated rings. The van der Waals surface area contributed by atoms with Crippen LogP contribution in [0.3, 0.4) is 0 Å². The van der Waals surface area contributed by atoms with Gasteiger partial charge < -0.3 is 16.0 Å². The first-order chi connectivity index (χ1) is 15.0. The van der Waals surface area contributed by atoms with Crippen molar-refractivity contribution < 1.29 is 4.79 Å². The summed E-state index contributed by atoms with van der Waals surface area (Å²) in [6.07, 6.45) is 4.22. The molecule has 2 aliphatic rings. The third-order valence-electron chi connectivity index (χ3n) is 6.33. The SMILES string of the molecule is CCCNC(=O)CN1CCC(NC(=NCC)NC2CC2c2ccc(C(C)C)cc2)CC1.I. The highest BCUT2D eigenvalue weighted by Gasteiger charge is 2.39. The monoisotopic (exact) mass is 555 g/mol. The maximum atomic E-state index is 11.9. The molecule has 1 aromatic carbocycles. The number of aliphatic imine (C=N–C) groups is 1. The first-order valence-electron chi connectivity index (χ1n) is 12.2. The quantitative estimate of drug-likeness (QED) is 0.246. The summed E-state index contributed by atoms with van der Waals surface area (Å²) in [5.74, 6) is 2.23. The molecule has 180 valence electrons. The molecular formula is C25H42IN5O. The van der Waals surface area contributed by atoms with Gasteiger partial charge in [0.1, 0.15) is 0 Å². The molecule has 0 bridgehead atoms. The van der Waals surface area contributed by atoms with Crippen LogP contribution >= 0.6 is 24.0 Å². The lowest BCUT2D eigenvalue weighted by Crippen LogP contribution is -2.50. The Bertz CT molecular complexity index is 728. The summed E-state index contributed by atoms with van der Waals surface area (Å²) >= 11 is 0. The molecule has 3 N–H and O–H groups in total. The molecule has 0 spiro atoms. The molecular weight excluding hydrogens is 513 g/mol. The van der Waals surface area contributed by atoms with Crippen molar-refractivity contribution in [1.29, 1.82) is 0 Å². The van der Waals surface area contributed by atoms with Crippen LogP contribution in [0.15, 0.2) is 29.3 Å². The maximum absolute atomic E-state index is 11.9. The molecule has 1 heterocycles. The van der Waals surface area contributed by atoms with Gasteiger partial charge in [0.2, 0.25) is 5.91 Å². The molecule has 3 rings (SSSR count). The van der Waals surface area contributed by atoms with E-state index in [1.165, 1.54) is 11.1 Å². The standard InChI is InChI=1S/C25H41N5O.HI/c1-5-13-27-24(31)17-30-14-11-21(12-15-30)28-25(26-6-2)29-23-16-22(23)20-9-7-19(8-10-20)18(3)4;/h7-10,18,21-23H,5-6,11-17H2,1-4H3,(H,27,31)(H2,26,28,29);1H. The lowest BCUT2D eigenvalue weighted by Gasteiger charge is -2.32. The third-order valence-corrected chi connectivity index (χ3v) is 6.33. The van der Waals surface area contributed by atoms with Gasteiger partial charge in [0.05, 0.1) is 6.54 Å². The van der Waals surface area contributed by atoms with Crippen molar-refractivity contribution in [1.82, 2.24) is 20.9 Å². The Balaban J connectivity index is 0.00000363. The molecule has 1 aliphatic heterocycles. The maximum Gasteiger partial charge on any atom is 0.234 e. The summed E-state index contributed by atoms with van der Waals surface area (Å²) in [5, 5.41) is 10.3. The fourth-order valence-corrected chi connectivity index (χ4v) is 4.27. The number of amides is 1. The van der Waals surface area contributed by atoms with E-state index in [0.717, 1.165) is 57.8 Å². The number of nitrogens with one attached hydrogen (secondary N) is 3. The first kappa shape index (κ1) is 26.9. The zero-order valence-electron chi connectivity index (χ0n) is 20.2. The van der Waals surface area contributed by atoms with E-state index in [0.29, 0.717) is 30.5 Å². The lowest BCUT2D eigenvalue weighted by molar-refractivity contribution is -0.122. The zero-order valence-corrected chi connectivity index (χ0v) is 22.5. The van der Waals surface area contributed by atoms with Crippen LogP contribution in [0, 0.1) is 0 Å². The van der Waals surface area contributed by atoms with Gasteiger partial charge in [0.15, 0.2) is 5.96 Å². The van der Waals surface area contributed by atoms with Gasteiger partial charge in [-0.15, -0.1) is 24.0 Å². The summed E-state index contributed by atoms with van der Waals surface area (Å²) in [7, 11) is 0. The summed E-state index contributed by atoms with van der Waals surface area (Å²) in [6, 6.07) is 9.99. The Hall–Kier alpha value is -1.35. The van der Waals surface area contributed by atoms with Crippen LogP contribution in [0.25, 0.3) is 0 Å². The van der Waals surface area contributed by atoms with Crippen molar-refractivity contribution in [3.63, 3.8) is 0 Å². The van der Waals surface area contributed by atoms with Gasteiger partial charge in [-0.05, 0) is 49.7 Å². The molecule has 0 radical (unpaired) electrons. The highest BCUT2D eigenvalue weighted by molar-refractivity contribution is 14.0. The van der Waals surface area contributed by atoms with E-state index in [-0.39, 0.29) is 29.9 Å². The van der Waals surface area contributed by atoms with E-state index in [2.05, 4.69) is 77.8 Å². The Morgan fingerprint density at radius 3 is 2.41 bits per heavy atom. The van der Waals surface area contributed by atoms with E-state index in [4.69, 9.17) is 0 Å². The van der Waals surface area contributed by atoms with Crippen LogP contribution in [0.2, 0.25) is 0 Å². The van der Waals surface area contributed by atoms with E-state index in [1.54, 1.807) is 0 Å². The van der Waals surface area contributed by atoms with Gasteiger partial charge in [-0.2, -0.15) is 0 Å². The summed E-state index contributed by atoms with van der Waals surface area (Å²) in [4.78, 5) is 18.9. The van der Waals surface area contributed by atoms with Gasteiger partial charge in [0, 0.05) is 44.2 Å². The molecule has 1 saturated heterocycles. The van der Waals surface area contributed by atoms with E-state index >= 15 is 0 Å². The number of carbonyl (C=O) groups excluding carboxylic acids is 1. The average molecular weight is 556 g/mol. The number of hydrogen-bond donors (Lipinski definition) is 3. The second-order valence-electron chi connectivity index (χ2n) is 9.28. The predicted octanol–water partition coefficient (Wildman–Crippen LogP) is 3.83. The lowest BCUT2D eigenvalue weighted by atomic mass is 10.0. The number of guanidine groups is 1. The fraction of sp³-hybridized carbons (Fsp3) is 0.680. The van der Waals surface area contributed by atoms with E-state index in [9.17, 15) is 4.79 Å². The van der Waals surface area contributed by atoms with Crippen LogP contribution in [0.4, 0.5) is 0 Å². The molecule has 6 nitrogen and oxygen atoms in total. The second-order valence-corrected chi connectivity index (χ2v) is 9.28. The van der Waals surface area contributed by atoms with E-state index in [1.807, 2.05) is 0 Å². The number of carbonyl (C=O) groups is 1. The van der Waals surface area contributed by atoms with Crippen LogP contribution in [0.5, 0.6) is 0 Å². The molecule has 32 heavy (non-hydrogen) atoms. The largest absolute Gasteiger partial charge is 0.355 e. The summed E-state index contributed by atoms with van der Waals surface area (Å²) < 4.78 is 0. The average Bonchev–Trinajstić information content (AvgIpc) is 3.53. The van der Waals surface area contributed by atoms with Crippen LogP contribution < -0.4 is 16.0 Å². The smallest absolute Gasteiger partial charge is 0.234 e. The topological polar surface area (TPSA) is 68.8 Å². The third kappa shape index (κ3) is 8.21. The van der Waals surface area contributed by atoms with Gasteiger partial charge in [-0.1, -0.05) is 45.0 Å². The normalized spacial score (nSPS) is 21.7. The number of piperidine rings is 1. The number of halogens is 1. The number of rotatable bonds is 9. The zero-order chi connectivity index (χ0) is 22.2. The van der Waals surface area contributed by atoms with Crippen LogP contribution in [0.1, 0.15) is 76.3 Å². The van der Waals surface area contributed by atoms with Crippen molar-refractivity contribution in [3.05, 3.63) is 35.4 Å². The Labute approximate surface area is 211 Å². The molecule has 1 saturated carbocycles. The number of benzene rings is 1.